The Bertz CT molecular complexity index is 922. The molecule has 0 saturated heterocycles. The minimum Gasteiger partial charge on any atom is -0.345 e. The summed E-state index contributed by atoms with van der Waals surface area (Å²) in [5.74, 6) is -0.782. The van der Waals surface area contributed by atoms with Gasteiger partial charge in [-0.05, 0) is 42.3 Å². The Hall–Kier alpha value is -2.59. The average molecular weight is 385 g/mol. The van der Waals surface area contributed by atoms with Crippen LogP contribution >= 0.6 is 11.6 Å². The summed E-state index contributed by atoms with van der Waals surface area (Å²) in [4.78, 5) is 14.6. The molecule has 0 bridgehead atoms. The van der Waals surface area contributed by atoms with Gasteiger partial charge in [-0.15, -0.1) is 0 Å². The molecule has 3 rings (SSSR count). The van der Waals surface area contributed by atoms with E-state index in [1.54, 1.807) is 17.0 Å². The molecule has 3 aromatic rings. The molecule has 140 valence electrons. The maximum atomic E-state index is 14.1. The molecule has 0 atom stereocenters. The number of nitrogens with zero attached hydrogens (tertiary/aromatic N) is 2. The fourth-order valence-corrected chi connectivity index (χ4v) is 3.28. The fourth-order valence-electron chi connectivity index (χ4n) is 3.08. The third-order valence-corrected chi connectivity index (χ3v) is 4.83. The van der Waals surface area contributed by atoms with Crippen LogP contribution < -0.4 is 0 Å². The largest absolute Gasteiger partial charge is 0.345 e. The lowest BCUT2D eigenvalue weighted by Crippen LogP contribution is -2.32. The Balaban J connectivity index is 1.82. The normalized spacial score (nSPS) is 10.8. The standard InChI is InChI=1S/C22H22ClFN2O/c1-2-13-26(22(27)19-10-4-6-12-21(19)24)16-18-9-7-14-25(18)15-17-8-3-5-11-20(17)23/h3-12,14H,2,13,15-16H2,1H3. The zero-order chi connectivity index (χ0) is 19.2. The highest BCUT2D eigenvalue weighted by molar-refractivity contribution is 6.31. The first-order chi connectivity index (χ1) is 13.1. The van der Waals surface area contributed by atoms with E-state index in [2.05, 4.69) is 4.57 Å². The highest BCUT2D eigenvalue weighted by Gasteiger charge is 2.19. The van der Waals surface area contributed by atoms with Crippen LogP contribution in [0.2, 0.25) is 5.02 Å². The number of benzene rings is 2. The Morgan fingerprint density at radius 3 is 2.56 bits per heavy atom. The van der Waals surface area contributed by atoms with Gasteiger partial charge in [-0.1, -0.05) is 48.9 Å². The summed E-state index contributed by atoms with van der Waals surface area (Å²) in [5.41, 5.74) is 2.10. The molecule has 0 fully saturated rings. The van der Waals surface area contributed by atoms with Crippen LogP contribution in [0.3, 0.4) is 0 Å². The fraction of sp³-hybridized carbons (Fsp3) is 0.227. The molecule has 2 aromatic carbocycles. The molecule has 27 heavy (non-hydrogen) atoms. The van der Waals surface area contributed by atoms with Gasteiger partial charge in [-0.2, -0.15) is 0 Å². The van der Waals surface area contributed by atoms with Gasteiger partial charge in [0.15, 0.2) is 0 Å². The van der Waals surface area contributed by atoms with E-state index in [9.17, 15) is 9.18 Å². The number of carbonyl (C=O) groups excluding carboxylic acids is 1. The Morgan fingerprint density at radius 2 is 1.81 bits per heavy atom. The van der Waals surface area contributed by atoms with E-state index < -0.39 is 5.82 Å². The van der Waals surface area contributed by atoms with Gasteiger partial charge < -0.3 is 9.47 Å². The Kier molecular flexibility index (Phi) is 6.30. The first-order valence-corrected chi connectivity index (χ1v) is 9.39. The molecule has 0 aliphatic carbocycles. The average Bonchev–Trinajstić information content (AvgIpc) is 3.10. The minimum atomic E-state index is -0.491. The zero-order valence-electron chi connectivity index (χ0n) is 15.2. The number of rotatable bonds is 7. The molecule has 0 N–H and O–H groups in total. The third kappa shape index (κ3) is 4.58. The van der Waals surface area contributed by atoms with Gasteiger partial charge in [0.25, 0.3) is 5.91 Å². The predicted octanol–water partition coefficient (Wildman–Crippen LogP) is 5.38. The molecule has 3 nitrogen and oxygen atoms in total. The van der Waals surface area contributed by atoms with Crippen molar-refractivity contribution in [2.75, 3.05) is 6.54 Å². The SMILES string of the molecule is CCCN(Cc1cccn1Cc1ccccc1Cl)C(=O)c1ccccc1F. The first-order valence-electron chi connectivity index (χ1n) is 9.01. The molecule has 0 aliphatic rings. The van der Waals surface area contributed by atoms with Crippen LogP contribution in [0.15, 0.2) is 66.9 Å². The van der Waals surface area contributed by atoms with Gasteiger partial charge in [0.1, 0.15) is 5.82 Å². The summed E-state index contributed by atoms with van der Waals surface area (Å²) in [5, 5.41) is 0.713. The Morgan fingerprint density at radius 1 is 1.07 bits per heavy atom. The van der Waals surface area contributed by atoms with Gasteiger partial charge in [-0.3, -0.25) is 4.79 Å². The predicted molar refractivity (Wildman–Crippen MR) is 106 cm³/mol. The number of aromatic nitrogens is 1. The molecule has 1 aromatic heterocycles. The highest BCUT2D eigenvalue weighted by atomic mass is 35.5. The lowest BCUT2D eigenvalue weighted by Gasteiger charge is -2.23. The van der Waals surface area contributed by atoms with Crippen LogP contribution in [0.1, 0.15) is 35.0 Å². The van der Waals surface area contributed by atoms with E-state index in [1.807, 2.05) is 49.5 Å². The molecule has 0 spiro atoms. The molecular formula is C22H22ClFN2O. The number of halogens is 2. The van der Waals surface area contributed by atoms with Crippen LogP contribution in [0.5, 0.6) is 0 Å². The van der Waals surface area contributed by atoms with Crippen molar-refractivity contribution in [1.29, 1.82) is 0 Å². The van der Waals surface area contributed by atoms with E-state index in [1.165, 1.54) is 12.1 Å². The summed E-state index contributed by atoms with van der Waals surface area (Å²) in [6.45, 7) is 3.60. The van der Waals surface area contributed by atoms with Crippen molar-refractivity contribution in [2.24, 2.45) is 0 Å². The number of carbonyl (C=O) groups is 1. The van der Waals surface area contributed by atoms with Crippen LogP contribution in [0.4, 0.5) is 4.39 Å². The van der Waals surface area contributed by atoms with Crippen LogP contribution in [0.25, 0.3) is 0 Å². The zero-order valence-corrected chi connectivity index (χ0v) is 16.0. The van der Waals surface area contributed by atoms with Gasteiger partial charge in [0, 0.05) is 30.0 Å². The van der Waals surface area contributed by atoms with Gasteiger partial charge >= 0.3 is 0 Å². The Labute approximate surface area is 164 Å². The maximum absolute atomic E-state index is 14.1. The van der Waals surface area contributed by atoms with Gasteiger partial charge in [0.2, 0.25) is 0 Å². The van der Waals surface area contributed by atoms with Crippen LogP contribution in [-0.2, 0) is 13.1 Å². The van der Waals surface area contributed by atoms with Gasteiger partial charge in [-0.25, -0.2) is 4.39 Å². The molecule has 0 unspecified atom stereocenters. The summed E-state index contributed by atoms with van der Waals surface area (Å²) < 4.78 is 16.1. The van der Waals surface area contributed by atoms with Crippen molar-refractivity contribution in [3.05, 3.63) is 94.5 Å². The molecule has 0 radical (unpaired) electrons. The second-order valence-electron chi connectivity index (χ2n) is 6.43. The monoisotopic (exact) mass is 384 g/mol. The molecule has 5 heteroatoms. The summed E-state index contributed by atoms with van der Waals surface area (Å²) in [6, 6.07) is 17.8. The van der Waals surface area contributed by atoms with E-state index in [4.69, 9.17) is 11.6 Å². The summed E-state index contributed by atoms with van der Waals surface area (Å²) in [7, 11) is 0. The number of hydrogen-bond donors (Lipinski definition) is 0. The van der Waals surface area contributed by atoms with Crippen LogP contribution in [-0.4, -0.2) is 21.9 Å². The highest BCUT2D eigenvalue weighted by Crippen LogP contribution is 2.19. The first kappa shape index (κ1) is 19.2. The third-order valence-electron chi connectivity index (χ3n) is 4.46. The van der Waals surface area contributed by atoms with E-state index in [-0.39, 0.29) is 11.5 Å². The topological polar surface area (TPSA) is 25.2 Å². The van der Waals surface area contributed by atoms with Gasteiger partial charge in [0.05, 0.1) is 12.1 Å². The molecule has 1 heterocycles. The second-order valence-corrected chi connectivity index (χ2v) is 6.83. The molecule has 0 aliphatic heterocycles. The van der Waals surface area contributed by atoms with E-state index in [0.717, 1.165) is 17.7 Å². The maximum Gasteiger partial charge on any atom is 0.257 e. The smallest absolute Gasteiger partial charge is 0.257 e. The van der Waals surface area contributed by atoms with Crippen molar-refractivity contribution in [2.45, 2.75) is 26.4 Å². The molecular weight excluding hydrogens is 363 g/mol. The van der Waals surface area contributed by atoms with Crippen molar-refractivity contribution in [3.8, 4) is 0 Å². The summed E-state index contributed by atoms with van der Waals surface area (Å²) >= 11 is 6.28. The second kappa shape index (κ2) is 8.87. The number of hydrogen-bond acceptors (Lipinski definition) is 1. The van der Waals surface area contributed by atoms with Crippen molar-refractivity contribution in [3.63, 3.8) is 0 Å². The quantitative estimate of drug-likeness (QED) is 0.536. The summed E-state index contributed by atoms with van der Waals surface area (Å²) in [6.07, 6.45) is 2.77. The molecule has 1 amide bonds. The minimum absolute atomic E-state index is 0.107. The number of amides is 1. The van der Waals surface area contributed by atoms with Crippen molar-refractivity contribution in [1.82, 2.24) is 9.47 Å². The lowest BCUT2D eigenvalue weighted by atomic mass is 10.1. The van der Waals surface area contributed by atoms with Crippen LogP contribution in [0, 0.1) is 5.82 Å². The van der Waals surface area contributed by atoms with E-state index >= 15 is 0 Å². The van der Waals surface area contributed by atoms with E-state index in [0.29, 0.717) is 24.7 Å². The van der Waals surface area contributed by atoms with Crippen molar-refractivity contribution < 1.29 is 9.18 Å². The lowest BCUT2D eigenvalue weighted by molar-refractivity contribution is 0.0735. The van der Waals surface area contributed by atoms with Crippen molar-refractivity contribution >= 4 is 17.5 Å². The molecule has 0 saturated carbocycles.